The Morgan fingerprint density at radius 1 is 1.64 bits per heavy atom. The summed E-state index contributed by atoms with van der Waals surface area (Å²) in [6, 6.07) is 3.78. The second-order valence-electron chi connectivity index (χ2n) is 3.19. The molecule has 2 aromatic rings. The minimum absolute atomic E-state index is 0.315. The van der Waals surface area contributed by atoms with Crippen LogP contribution in [0.25, 0.3) is 10.8 Å². The van der Waals surface area contributed by atoms with Crippen LogP contribution < -0.4 is 5.73 Å². The molecular formula is C10H12N2OS. The fourth-order valence-corrected chi connectivity index (χ4v) is 2.05. The number of nitrogens with two attached hydrogens (primary N) is 1. The molecule has 0 aliphatic rings. The number of thiazole rings is 1. The molecule has 3 nitrogen and oxygen atoms in total. The van der Waals surface area contributed by atoms with E-state index in [1.165, 1.54) is 0 Å². The van der Waals surface area contributed by atoms with E-state index in [1.54, 1.807) is 17.6 Å². The maximum absolute atomic E-state index is 5.57. The van der Waals surface area contributed by atoms with E-state index < -0.39 is 0 Å². The van der Waals surface area contributed by atoms with Gasteiger partial charge in [0.25, 0.3) is 0 Å². The highest BCUT2D eigenvalue weighted by Crippen LogP contribution is 2.26. The van der Waals surface area contributed by atoms with Crippen molar-refractivity contribution in [3.8, 4) is 10.8 Å². The van der Waals surface area contributed by atoms with E-state index in [0.29, 0.717) is 12.5 Å². The van der Waals surface area contributed by atoms with E-state index in [4.69, 9.17) is 10.2 Å². The molecule has 0 bridgehead atoms. The highest BCUT2D eigenvalue weighted by Gasteiger charge is 2.10. The molecule has 0 spiro atoms. The lowest BCUT2D eigenvalue weighted by Crippen LogP contribution is -2.08. The highest BCUT2D eigenvalue weighted by atomic mass is 32.1. The standard InChI is InChI=1S/C10H12N2OS/c1-7(5-11)8-6-14-10(12-8)9-3-2-4-13-9/h2-4,6-7H,5,11H2,1H3. The minimum atomic E-state index is 0.315. The molecule has 0 amide bonds. The number of nitrogens with zero attached hydrogens (tertiary/aromatic N) is 1. The Morgan fingerprint density at radius 2 is 2.50 bits per heavy atom. The van der Waals surface area contributed by atoms with Crippen molar-refractivity contribution in [1.29, 1.82) is 0 Å². The molecule has 0 saturated carbocycles. The van der Waals surface area contributed by atoms with Crippen molar-refractivity contribution in [3.63, 3.8) is 0 Å². The van der Waals surface area contributed by atoms with Gasteiger partial charge in [0.15, 0.2) is 10.8 Å². The van der Waals surface area contributed by atoms with Crippen molar-refractivity contribution in [3.05, 3.63) is 29.5 Å². The average molecular weight is 208 g/mol. The van der Waals surface area contributed by atoms with Crippen LogP contribution in [0.2, 0.25) is 0 Å². The molecule has 2 aromatic heterocycles. The van der Waals surface area contributed by atoms with E-state index in [9.17, 15) is 0 Å². The number of rotatable bonds is 3. The van der Waals surface area contributed by atoms with Gasteiger partial charge in [-0.1, -0.05) is 6.92 Å². The number of aromatic nitrogens is 1. The first-order valence-corrected chi connectivity index (χ1v) is 5.38. The van der Waals surface area contributed by atoms with Gasteiger partial charge < -0.3 is 10.2 Å². The lowest BCUT2D eigenvalue weighted by molar-refractivity contribution is 0.581. The van der Waals surface area contributed by atoms with Crippen LogP contribution in [0.5, 0.6) is 0 Å². The summed E-state index contributed by atoms with van der Waals surface area (Å²) < 4.78 is 5.26. The Hall–Kier alpha value is -1.13. The first-order valence-electron chi connectivity index (χ1n) is 4.50. The van der Waals surface area contributed by atoms with Crippen LogP contribution in [-0.4, -0.2) is 11.5 Å². The van der Waals surface area contributed by atoms with Crippen LogP contribution in [0.1, 0.15) is 18.5 Å². The van der Waals surface area contributed by atoms with E-state index in [0.717, 1.165) is 16.5 Å². The smallest absolute Gasteiger partial charge is 0.162 e. The maximum atomic E-state index is 5.57. The van der Waals surface area contributed by atoms with Crippen LogP contribution in [-0.2, 0) is 0 Å². The zero-order valence-electron chi connectivity index (χ0n) is 7.93. The van der Waals surface area contributed by atoms with Crippen molar-refractivity contribution in [2.75, 3.05) is 6.54 Å². The van der Waals surface area contributed by atoms with Crippen LogP contribution in [0.4, 0.5) is 0 Å². The Labute approximate surface area is 86.6 Å². The second-order valence-corrected chi connectivity index (χ2v) is 4.05. The Bertz CT molecular complexity index is 394. The van der Waals surface area contributed by atoms with Gasteiger partial charge >= 0.3 is 0 Å². The highest BCUT2D eigenvalue weighted by molar-refractivity contribution is 7.13. The van der Waals surface area contributed by atoms with Gasteiger partial charge in [-0.15, -0.1) is 11.3 Å². The van der Waals surface area contributed by atoms with Crippen molar-refractivity contribution in [2.24, 2.45) is 5.73 Å². The normalized spacial score (nSPS) is 13.0. The van der Waals surface area contributed by atoms with E-state index in [-0.39, 0.29) is 0 Å². The molecule has 2 rings (SSSR count). The summed E-state index contributed by atoms with van der Waals surface area (Å²) in [4.78, 5) is 4.47. The van der Waals surface area contributed by atoms with Gasteiger partial charge in [-0.05, 0) is 12.1 Å². The molecule has 0 saturated heterocycles. The van der Waals surface area contributed by atoms with Gasteiger partial charge in [0, 0.05) is 17.8 Å². The molecule has 2 heterocycles. The summed E-state index contributed by atoms with van der Waals surface area (Å²) in [6.07, 6.45) is 1.66. The zero-order valence-corrected chi connectivity index (χ0v) is 8.75. The molecule has 0 fully saturated rings. The summed E-state index contributed by atoms with van der Waals surface area (Å²) in [6.45, 7) is 2.70. The SMILES string of the molecule is CC(CN)c1csc(-c2ccco2)n1. The zero-order chi connectivity index (χ0) is 9.97. The molecule has 1 atom stereocenters. The summed E-state index contributed by atoms with van der Waals surface area (Å²) in [5.74, 6) is 1.14. The van der Waals surface area contributed by atoms with E-state index in [1.807, 2.05) is 17.5 Å². The molecule has 14 heavy (non-hydrogen) atoms. The summed E-state index contributed by atoms with van der Waals surface area (Å²) in [7, 11) is 0. The third-order valence-corrected chi connectivity index (χ3v) is 2.99. The number of hydrogen-bond donors (Lipinski definition) is 1. The van der Waals surface area contributed by atoms with Gasteiger partial charge in [-0.25, -0.2) is 4.98 Å². The summed E-state index contributed by atoms with van der Waals surface area (Å²) in [5.41, 5.74) is 6.62. The lowest BCUT2D eigenvalue weighted by Gasteiger charge is -2.01. The van der Waals surface area contributed by atoms with Crippen molar-refractivity contribution in [2.45, 2.75) is 12.8 Å². The Morgan fingerprint density at radius 3 is 3.14 bits per heavy atom. The molecule has 4 heteroatoms. The first kappa shape index (κ1) is 9.43. The summed E-state index contributed by atoms with van der Waals surface area (Å²) >= 11 is 1.59. The molecule has 1 unspecified atom stereocenters. The minimum Gasteiger partial charge on any atom is -0.462 e. The number of hydrogen-bond acceptors (Lipinski definition) is 4. The molecule has 0 aliphatic carbocycles. The van der Waals surface area contributed by atoms with Crippen molar-refractivity contribution in [1.82, 2.24) is 4.98 Å². The van der Waals surface area contributed by atoms with Crippen molar-refractivity contribution < 1.29 is 4.42 Å². The third kappa shape index (κ3) is 1.71. The van der Waals surface area contributed by atoms with Crippen LogP contribution in [0.15, 0.2) is 28.2 Å². The maximum Gasteiger partial charge on any atom is 0.162 e. The average Bonchev–Trinajstić information content (AvgIpc) is 2.86. The quantitative estimate of drug-likeness (QED) is 0.843. The molecule has 2 N–H and O–H groups in total. The molecule has 0 aromatic carbocycles. The third-order valence-electron chi connectivity index (χ3n) is 2.11. The Balaban J connectivity index is 2.26. The summed E-state index contributed by atoms with van der Waals surface area (Å²) in [5, 5.41) is 2.96. The molecule has 74 valence electrons. The fourth-order valence-electron chi connectivity index (χ4n) is 1.15. The topological polar surface area (TPSA) is 52.0 Å². The van der Waals surface area contributed by atoms with E-state index in [2.05, 4.69) is 11.9 Å². The van der Waals surface area contributed by atoms with Crippen LogP contribution >= 0.6 is 11.3 Å². The predicted molar refractivity (Wildman–Crippen MR) is 57.3 cm³/mol. The van der Waals surface area contributed by atoms with Gasteiger partial charge in [-0.3, -0.25) is 0 Å². The van der Waals surface area contributed by atoms with Gasteiger partial charge in [0.2, 0.25) is 0 Å². The monoisotopic (exact) mass is 208 g/mol. The van der Waals surface area contributed by atoms with Gasteiger partial charge in [0.05, 0.1) is 12.0 Å². The number of furan rings is 1. The van der Waals surface area contributed by atoms with Crippen LogP contribution in [0, 0.1) is 0 Å². The predicted octanol–water partition coefficient (Wildman–Crippen LogP) is 2.47. The molecule has 0 radical (unpaired) electrons. The first-order chi connectivity index (χ1) is 6.81. The van der Waals surface area contributed by atoms with Crippen LogP contribution in [0.3, 0.4) is 0 Å². The fraction of sp³-hybridized carbons (Fsp3) is 0.300. The van der Waals surface area contributed by atoms with Gasteiger partial charge in [0.1, 0.15) is 0 Å². The molecule has 0 aliphatic heterocycles. The van der Waals surface area contributed by atoms with E-state index >= 15 is 0 Å². The lowest BCUT2D eigenvalue weighted by atomic mass is 10.1. The van der Waals surface area contributed by atoms with Gasteiger partial charge in [-0.2, -0.15) is 0 Å². The van der Waals surface area contributed by atoms with Crippen molar-refractivity contribution >= 4 is 11.3 Å². The second kappa shape index (κ2) is 3.94. The largest absolute Gasteiger partial charge is 0.462 e. The molecular weight excluding hydrogens is 196 g/mol. The Kier molecular flexibility index (Phi) is 2.65.